The minimum absolute atomic E-state index is 0.00585. The third kappa shape index (κ3) is 3.17. The molecule has 2 aliphatic heterocycles. The number of benzene rings is 1. The van der Waals surface area contributed by atoms with E-state index in [4.69, 9.17) is 10.5 Å². The number of carboxylic acid groups (broad SMARTS) is 1. The van der Waals surface area contributed by atoms with Gasteiger partial charge in [-0.1, -0.05) is 0 Å². The SMILES string of the molecule is COc1ccc2c([C@@H](N)C(=O)NC3C(=O)N4C(C(=O)O)=C(C)CSC34)csc2c1. The van der Waals surface area contributed by atoms with Gasteiger partial charge in [0.2, 0.25) is 5.91 Å². The lowest BCUT2D eigenvalue weighted by Crippen LogP contribution is -2.71. The topological polar surface area (TPSA) is 122 Å². The molecule has 0 radical (unpaired) electrons. The largest absolute Gasteiger partial charge is 0.497 e. The van der Waals surface area contributed by atoms with Gasteiger partial charge in [-0.3, -0.25) is 14.5 Å². The van der Waals surface area contributed by atoms with Crippen LogP contribution in [0.2, 0.25) is 0 Å². The highest BCUT2D eigenvalue weighted by molar-refractivity contribution is 8.00. The number of fused-ring (bicyclic) bond motifs is 2. The van der Waals surface area contributed by atoms with E-state index in [1.165, 1.54) is 28.0 Å². The number of carbonyl (C=O) groups is 3. The number of thioether (sulfide) groups is 1. The molecule has 2 aromatic rings. The standard InChI is InChI=1S/C19H19N3O5S2/c1-8-6-29-18-14(17(24)22(18)15(8)19(25)26)21-16(23)13(20)11-7-28-12-5-9(27-2)3-4-10(11)12/h3-5,7,13-14,18H,6,20H2,1-2H3,(H,21,23)(H,25,26)/t13-,14?,18?/m1/s1. The van der Waals surface area contributed by atoms with Gasteiger partial charge >= 0.3 is 5.97 Å². The molecule has 8 nitrogen and oxygen atoms in total. The first-order valence-electron chi connectivity index (χ1n) is 8.82. The smallest absolute Gasteiger partial charge is 0.352 e. The number of hydrogen-bond acceptors (Lipinski definition) is 7. The van der Waals surface area contributed by atoms with Gasteiger partial charge in [0.05, 0.1) is 7.11 Å². The molecule has 1 aromatic heterocycles. The minimum Gasteiger partial charge on any atom is -0.497 e. The Bertz CT molecular complexity index is 1060. The predicted molar refractivity (Wildman–Crippen MR) is 111 cm³/mol. The highest BCUT2D eigenvalue weighted by Gasteiger charge is 2.54. The summed E-state index contributed by atoms with van der Waals surface area (Å²) in [5.41, 5.74) is 7.50. The minimum atomic E-state index is -1.14. The third-order valence-electron chi connectivity index (χ3n) is 5.09. The van der Waals surface area contributed by atoms with Crippen molar-refractivity contribution in [2.45, 2.75) is 24.4 Å². The number of ether oxygens (including phenoxy) is 1. The van der Waals surface area contributed by atoms with Crippen LogP contribution in [0.4, 0.5) is 0 Å². The van der Waals surface area contributed by atoms with Crippen LogP contribution < -0.4 is 15.8 Å². The van der Waals surface area contributed by atoms with Gasteiger partial charge in [-0.25, -0.2) is 4.79 Å². The van der Waals surface area contributed by atoms with Crippen molar-refractivity contribution >= 4 is 51.0 Å². The molecule has 152 valence electrons. The summed E-state index contributed by atoms with van der Waals surface area (Å²) < 4.78 is 6.16. The Morgan fingerprint density at radius 1 is 1.41 bits per heavy atom. The summed E-state index contributed by atoms with van der Waals surface area (Å²) in [4.78, 5) is 38.0. The summed E-state index contributed by atoms with van der Waals surface area (Å²) in [5, 5.41) is 14.3. The van der Waals surface area contributed by atoms with Crippen LogP contribution >= 0.6 is 23.1 Å². The van der Waals surface area contributed by atoms with Crippen molar-refractivity contribution in [3.8, 4) is 5.75 Å². The summed E-state index contributed by atoms with van der Waals surface area (Å²) in [6.45, 7) is 1.69. The van der Waals surface area contributed by atoms with E-state index in [0.29, 0.717) is 16.9 Å². The van der Waals surface area contributed by atoms with Crippen LogP contribution in [0.5, 0.6) is 5.75 Å². The van der Waals surface area contributed by atoms with E-state index in [1.54, 1.807) is 20.1 Å². The number of aliphatic carboxylic acids is 1. The van der Waals surface area contributed by atoms with Gasteiger partial charge in [0.1, 0.15) is 28.9 Å². The Labute approximate surface area is 174 Å². The van der Waals surface area contributed by atoms with E-state index in [1.807, 2.05) is 17.5 Å². The van der Waals surface area contributed by atoms with Crippen molar-refractivity contribution in [2.24, 2.45) is 5.73 Å². The molecule has 1 saturated heterocycles. The lowest BCUT2D eigenvalue weighted by atomic mass is 10.0. The van der Waals surface area contributed by atoms with Crippen molar-refractivity contribution < 1.29 is 24.2 Å². The summed E-state index contributed by atoms with van der Waals surface area (Å²) in [6.07, 6.45) is 0. The third-order valence-corrected chi connectivity index (χ3v) is 7.48. The van der Waals surface area contributed by atoms with Gasteiger partial charge in [0.25, 0.3) is 5.91 Å². The molecular weight excluding hydrogens is 414 g/mol. The fourth-order valence-corrected chi connectivity index (χ4v) is 5.87. The molecule has 2 amide bonds. The molecule has 0 saturated carbocycles. The maximum atomic E-state index is 12.7. The monoisotopic (exact) mass is 433 g/mol. The maximum Gasteiger partial charge on any atom is 0.352 e. The second kappa shape index (κ2) is 7.36. The van der Waals surface area contributed by atoms with E-state index >= 15 is 0 Å². The molecule has 4 rings (SSSR count). The average Bonchev–Trinajstić information content (AvgIpc) is 3.13. The average molecular weight is 434 g/mol. The highest BCUT2D eigenvalue weighted by Crippen LogP contribution is 2.40. The van der Waals surface area contributed by atoms with Gasteiger partial charge in [0, 0.05) is 10.5 Å². The van der Waals surface area contributed by atoms with Crippen LogP contribution in [0.15, 0.2) is 34.8 Å². The lowest BCUT2D eigenvalue weighted by molar-refractivity contribution is -0.150. The number of hydrogen-bond donors (Lipinski definition) is 3. The van der Waals surface area contributed by atoms with Crippen LogP contribution in [0, 0.1) is 0 Å². The van der Waals surface area contributed by atoms with E-state index in [9.17, 15) is 19.5 Å². The van der Waals surface area contributed by atoms with Crippen LogP contribution in [0.1, 0.15) is 18.5 Å². The maximum absolute atomic E-state index is 12.7. The van der Waals surface area contributed by atoms with Crippen LogP contribution in [0.3, 0.4) is 0 Å². The fourth-order valence-electron chi connectivity index (χ4n) is 3.56. The molecular formula is C19H19N3O5S2. The first-order chi connectivity index (χ1) is 13.8. The zero-order valence-corrected chi connectivity index (χ0v) is 17.3. The van der Waals surface area contributed by atoms with Crippen LogP contribution in [0.25, 0.3) is 10.1 Å². The predicted octanol–water partition coefficient (Wildman–Crippen LogP) is 1.67. The van der Waals surface area contributed by atoms with Gasteiger partial charge in [-0.05, 0) is 47.0 Å². The van der Waals surface area contributed by atoms with E-state index in [-0.39, 0.29) is 5.70 Å². The molecule has 2 unspecified atom stereocenters. The summed E-state index contributed by atoms with van der Waals surface area (Å²) in [5.74, 6) is -0.827. The lowest BCUT2D eigenvalue weighted by Gasteiger charge is -2.49. The number of methoxy groups -OCH3 is 1. The fraction of sp³-hybridized carbons (Fsp3) is 0.316. The number of nitrogens with zero attached hydrogens (tertiary/aromatic N) is 1. The molecule has 3 atom stereocenters. The molecule has 1 fully saturated rings. The molecule has 29 heavy (non-hydrogen) atoms. The molecule has 3 heterocycles. The van der Waals surface area contributed by atoms with E-state index in [0.717, 1.165) is 15.8 Å². The zero-order chi connectivity index (χ0) is 20.9. The summed E-state index contributed by atoms with van der Waals surface area (Å²) >= 11 is 2.89. The highest BCUT2D eigenvalue weighted by atomic mass is 32.2. The Morgan fingerprint density at radius 3 is 2.86 bits per heavy atom. The number of thiophene rings is 1. The molecule has 2 aliphatic rings. The number of rotatable bonds is 5. The summed E-state index contributed by atoms with van der Waals surface area (Å²) in [6, 6.07) is 3.81. The number of β-lactam (4-membered cyclic amide) rings is 1. The second-order valence-corrected chi connectivity index (χ2v) is 8.88. The van der Waals surface area contributed by atoms with Crippen molar-refractivity contribution in [1.82, 2.24) is 10.2 Å². The van der Waals surface area contributed by atoms with Crippen molar-refractivity contribution in [3.63, 3.8) is 0 Å². The molecule has 0 aliphatic carbocycles. The molecule has 0 bridgehead atoms. The quantitative estimate of drug-likeness (QED) is 0.613. The second-order valence-electron chi connectivity index (χ2n) is 6.86. The Kier molecular flexibility index (Phi) is 5.01. The van der Waals surface area contributed by atoms with Crippen molar-refractivity contribution in [1.29, 1.82) is 0 Å². The van der Waals surface area contributed by atoms with Gasteiger partial charge in [0.15, 0.2) is 0 Å². The Balaban J connectivity index is 1.51. The Morgan fingerprint density at radius 2 is 2.17 bits per heavy atom. The first-order valence-corrected chi connectivity index (χ1v) is 10.7. The zero-order valence-electron chi connectivity index (χ0n) is 15.7. The molecule has 1 aromatic carbocycles. The Hall–Kier alpha value is -2.56. The number of carbonyl (C=O) groups excluding carboxylic acids is 2. The van der Waals surface area contributed by atoms with Crippen molar-refractivity contribution in [2.75, 3.05) is 12.9 Å². The molecule has 4 N–H and O–H groups in total. The molecule has 0 spiro atoms. The number of amides is 2. The number of nitrogens with two attached hydrogens (primary N) is 1. The van der Waals surface area contributed by atoms with Crippen molar-refractivity contribution in [3.05, 3.63) is 40.4 Å². The van der Waals surface area contributed by atoms with E-state index < -0.39 is 35.2 Å². The van der Waals surface area contributed by atoms with Crippen LogP contribution in [-0.2, 0) is 14.4 Å². The molecule has 10 heteroatoms. The number of carboxylic acids is 1. The van der Waals surface area contributed by atoms with Crippen LogP contribution in [-0.4, -0.2) is 52.1 Å². The van der Waals surface area contributed by atoms with E-state index in [2.05, 4.69) is 5.32 Å². The first kappa shape index (κ1) is 19.7. The van der Waals surface area contributed by atoms with Gasteiger partial charge in [-0.15, -0.1) is 23.1 Å². The normalized spacial score (nSPS) is 22.2. The summed E-state index contributed by atoms with van der Waals surface area (Å²) in [7, 11) is 1.59. The van der Waals surface area contributed by atoms with Gasteiger partial charge < -0.3 is 20.9 Å². The number of nitrogens with one attached hydrogen (secondary N) is 1. The van der Waals surface area contributed by atoms with Gasteiger partial charge in [-0.2, -0.15) is 0 Å².